The van der Waals surface area contributed by atoms with Crippen LogP contribution in [0.3, 0.4) is 0 Å². The topological polar surface area (TPSA) is 72.0 Å². The van der Waals surface area contributed by atoms with Crippen molar-refractivity contribution >= 4 is 11.6 Å². The number of aromatic nitrogens is 3. The molecule has 2 aromatic heterocycles. The lowest BCUT2D eigenvalue weighted by atomic mass is 10.2. The number of hydrogen-bond donors (Lipinski definition) is 1. The van der Waals surface area contributed by atoms with E-state index in [0.717, 1.165) is 5.69 Å². The Hall–Kier alpha value is -2.40. The van der Waals surface area contributed by atoms with Gasteiger partial charge in [-0.05, 0) is 37.3 Å². The summed E-state index contributed by atoms with van der Waals surface area (Å²) in [7, 11) is 0. The first-order valence-electron chi connectivity index (χ1n) is 5.90. The number of nitrogens with zero attached hydrogens (tertiary/aromatic N) is 3. The SMILES string of the molecule is Cc1cccc(-c2noc(-c3ccc(Cl)cc3O)n2)n1. The van der Waals surface area contributed by atoms with E-state index in [1.54, 1.807) is 18.2 Å². The van der Waals surface area contributed by atoms with E-state index < -0.39 is 0 Å². The van der Waals surface area contributed by atoms with Gasteiger partial charge in [0.15, 0.2) is 0 Å². The molecule has 0 atom stereocenters. The molecule has 1 N–H and O–H groups in total. The fourth-order valence-corrected chi connectivity index (χ4v) is 1.96. The molecule has 0 spiro atoms. The average Bonchev–Trinajstić information content (AvgIpc) is 2.88. The molecule has 0 aliphatic rings. The molecule has 0 radical (unpaired) electrons. The fourth-order valence-electron chi connectivity index (χ4n) is 1.79. The Morgan fingerprint density at radius 2 is 2.00 bits per heavy atom. The predicted octanol–water partition coefficient (Wildman–Crippen LogP) is 3.47. The largest absolute Gasteiger partial charge is 0.507 e. The molecule has 0 aliphatic carbocycles. The van der Waals surface area contributed by atoms with Gasteiger partial charge in [0, 0.05) is 10.7 Å². The number of hydrogen-bond acceptors (Lipinski definition) is 5. The molecule has 1 aromatic carbocycles. The summed E-state index contributed by atoms with van der Waals surface area (Å²) >= 11 is 5.79. The van der Waals surface area contributed by atoms with Gasteiger partial charge in [0.05, 0.1) is 5.56 Å². The van der Waals surface area contributed by atoms with Gasteiger partial charge in [0.25, 0.3) is 5.89 Å². The first-order chi connectivity index (χ1) is 9.63. The lowest BCUT2D eigenvalue weighted by molar-refractivity contribution is 0.425. The molecule has 0 bridgehead atoms. The molecule has 6 heteroatoms. The Morgan fingerprint density at radius 1 is 1.15 bits per heavy atom. The molecule has 5 nitrogen and oxygen atoms in total. The third-order valence-electron chi connectivity index (χ3n) is 2.73. The minimum Gasteiger partial charge on any atom is -0.507 e. The Morgan fingerprint density at radius 3 is 2.75 bits per heavy atom. The van der Waals surface area contributed by atoms with E-state index in [0.29, 0.717) is 22.1 Å². The number of phenols is 1. The zero-order valence-corrected chi connectivity index (χ0v) is 11.3. The van der Waals surface area contributed by atoms with E-state index in [1.807, 2.05) is 19.1 Å². The van der Waals surface area contributed by atoms with E-state index >= 15 is 0 Å². The van der Waals surface area contributed by atoms with Crippen molar-refractivity contribution in [1.29, 1.82) is 0 Å². The van der Waals surface area contributed by atoms with Gasteiger partial charge in [-0.2, -0.15) is 4.98 Å². The van der Waals surface area contributed by atoms with Crippen molar-refractivity contribution in [3.8, 4) is 28.7 Å². The summed E-state index contributed by atoms with van der Waals surface area (Å²) in [6, 6.07) is 10.2. The van der Waals surface area contributed by atoms with Crippen LogP contribution in [0.4, 0.5) is 0 Å². The van der Waals surface area contributed by atoms with Crippen molar-refractivity contribution in [2.24, 2.45) is 0 Å². The smallest absolute Gasteiger partial charge is 0.262 e. The number of halogens is 1. The molecule has 0 saturated heterocycles. The number of rotatable bonds is 2. The molecular formula is C14H10ClN3O2. The van der Waals surface area contributed by atoms with Crippen LogP contribution >= 0.6 is 11.6 Å². The van der Waals surface area contributed by atoms with Crippen molar-refractivity contribution in [2.45, 2.75) is 6.92 Å². The molecular weight excluding hydrogens is 278 g/mol. The summed E-state index contributed by atoms with van der Waals surface area (Å²) in [5.74, 6) is 0.584. The zero-order valence-electron chi connectivity index (χ0n) is 10.5. The van der Waals surface area contributed by atoms with Gasteiger partial charge >= 0.3 is 0 Å². The number of pyridine rings is 1. The van der Waals surface area contributed by atoms with Gasteiger partial charge < -0.3 is 9.63 Å². The first-order valence-corrected chi connectivity index (χ1v) is 6.28. The van der Waals surface area contributed by atoms with Crippen molar-refractivity contribution < 1.29 is 9.63 Å². The molecule has 20 heavy (non-hydrogen) atoms. The lowest BCUT2D eigenvalue weighted by Gasteiger charge is -1.98. The van der Waals surface area contributed by atoms with Gasteiger partial charge in [0.2, 0.25) is 5.82 Å². The maximum absolute atomic E-state index is 9.84. The van der Waals surface area contributed by atoms with Crippen molar-refractivity contribution in [3.05, 3.63) is 47.1 Å². The molecule has 0 amide bonds. The normalized spacial score (nSPS) is 10.7. The number of aromatic hydroxyl groups is 1. The molecule has 3 aromatic rings. The van der Waals surface area contributed by atoms with E-state index in [-0.39, 0.29) is 11.6 Å². The highest BCUT2D eigenvalue weighted by molar-refractivity contribution is 6.30. The van der Waals surface area contributed by atoms with Crippen LogP contribution < -0.4 is 0 Å². The minimum absolute atomic E-state index is 0.00935. The van der Waals surface area contributed by atoms with Crippen molar-refractivity contribution in [1.82, 2.24) is 15.1 Å². The number of phenolic OH excluding ortho intramolecular Hbond substituents is 1. The fraction of sp³-hybridized carbons (Fsp3) is 0.0714. The monoisotopic (exact) mass is 287 g/mol. The summed E-state index contributed by atoms with van der Waals surface area (Å²) in [6.07, 6.45) is 0. The van der Waals surface area contributed by atoms with E-state index in [1.165, 1.54) is 6.07 Å². The molecule has 0 saturated carbocycles. The molecule has 100 valence electrons. The second kappa shape index (κ2) is 4.94. The Balaban J connectivity index is 2.02. The van der Waals surface area contributed by atoms with E-state index in [9.17, 15) is 5.11 Å². The summed E-state index contributed by atoms with van der Waals surface area (Å²) in [5, 5.41) is 14.2. The van der Waals surface area contributed by atoms with E-state index in [4.69, 9.17) is 16.1 Å². The van der Waals surface area contributed by atoms with Crippen LogP contribution in [-0.2, 0) is 0 Å². The van der Waals surface area contributed by atoms with Crippen LogP contribution in [0, 0.1) is 6.92 Å². The summed E-state index contributed by atoms with van der Waals surface area (Å²) in [5.41, 5.74) is 1.91. The van der Waals surface area contributed by atoms with Gasteiger partial charge in [-0.15, -0.1) is 0 Å². The predicted molar refractivity (Wildman–Crippen MR) is 74.4 cm³/mol. The molecule has 2 heterocycles. The highest BCUT2D eigenvalue weighted by atomic mass is 35.5. The van der Waals surface area contributed by atoms with Crippen LogP contribution in [0.15, 0.2) is 40.9 Å². The standard InChI is InChI=1S/C14H10ClN3O2/c1-8-3-2-4-11(16-8)13-17-14(20-18-13)10-6-5-9(15)7-12(10)19/h2-7,19H,1H3. The van der Waals surface area contributed by atoms with Gasteiger partial charge in [-0.25, -0.2) is 4.98 Å². The van der Waals surface area contributed by atoms with E-state index in [2.05, 4.69) is 15.1 Å². The number of aryl methyl sites for hydroxylation is 1. The van der Waals surface area contributed by atoms with Gasteiger partial charge in [-0.1, -0.05) is 22.8 Å². The minimum atomic E-state index is -0.00935. The first kappa shape index (κ1) is 12.6. The second-order valence-electron chi connectivity index (χ2n) is 4.25. The molecule has 0 unspecified atom stereocenters. The van der Waals surface area contributed by atoms with Crippen LogP contribution in [0.1, 0.15) is 5.69 Å². The molecule has 3 rings (SSSR count). The number of benzene rings is 1. The van der Waals surface area contributed by atoms with Crippen LogP contribution in [0.25, 0.3) is 23.0 Å². The van der Waals surface area contributed by atoms with Crippen LogP contribution in [-0.4, -0.2) is 20.2 Å². The Bertz CT molecular complexity index is 771. The van der Waals surface area contributed by atoms with Crippen molar-refractivity contribution in [2.75, 3.05) is 0 Å². The van der Waals surface area contributed by atoms with Gasteiger partial charge in [0.1, 0.15) is 11.4 Å². The highest BCUT2D eigenvalue weighted by Crippen LogP contribution is 2.31. The third-order valence-corrected chi connectivity index (χ3v) is 2.97. The summed E-state index contributed by atoms with van der Waals surface area (Å²) < 4.78 is 5.16. The summed E-state index contributed by atoms with van der Waals surface area (Å²) in [4.78, 5) is 8.56. The average molecular weight is 288 g/mol. The zero-order chi connectivity index (χ0) is 14.1. The van der Waals surface area contributed by atoms with Crippen molar-refractivity contribution in [3.63, 3.8) is 0 Å². The Kier molecular flexibility index (Phi) is 3.12. The molecule has 0 fully saturated rings. The summed E-state index contributed by atoms with van der Waals surface area (Å²) in [6.45, 7) is 1.88. The van der Waals surface area contributed by atoms with Crippen LogP contribution in [0.2, 0.25) is 5.02 Å². The maximum Gasteiger partial charge on any atom is 0.262 e. The second-order valence-corrected chi connectivity index (χ2v) is 4.69. The van der Waals surface area contributed by atoms with Gasteiger partial charge in [-0.3, -0.25) is 0 Å². The maximum atomic E-state index is 9.84. The highest BCUT2D eigenvalue weighted by Gasteiger charge is 2.14. The third kappa shape index (κ3) is 2.35. The Labute approximate surface area is 119 Å². The lowest BCUT2D eigenvalue weighted by Crippen LogP contribution is -1.88. The quantitative estimate of drug-likeness (QED) is 0.781. The molecule has 0 aliphatic heterocycles. The van der Waals surface area contributed by atoms with Crippen LogP contribution in [0.5, 0.6) is 5.75 Å².